The Labute approximate surface area is 194 Å². The Hall–Kier alpha value is -3.30. The standard InChI is InChI=1S/C24H27F3N2O5/c1-13(2)29(22(31)15-6-4-14(3)5-7-15)19-10-8-16(12-17(19)23(32)33)34-21-18(24(25,26)27)9-11-20(30)28-21/h8-15H,4-7H2,1-3H3,(H,28,30)(H,32,33). The van der Waals surface area contributed by atoms with Crippen LogP contribution >= 0.6 is 0 Å². The number of carbonyl (C=O) groups excluding carboxylic acids is 1. The molecular weight excluding hydrogens is 453 g/mol. The number of hydrogen-bond donors (Lipinski definition) is 2. The molecule has 1 amide bonds. The van der Waals surface area contributed by atoms with Crippen LogP contribution in [0.2, 0.25) is 0 Å². The summed E-state index contributed by atoms with van der Waals surface area (Å²) in [6.07, 6.45) is -1.54. The topological polar surface area (TPSA) is 99.7 Å². The smallest absolute Gasteiger partial charge is 0.421 e. The number of ether oxygens (including phenoxy) is 1. The van der Waals surface area contributed by atoms with E-state index >= 15 is 0 Å². The van der Waals surface area contributed by atoms with Gasteiger partial charge >= 0.3 is 12.1 Å². The number of hydrogen-bond acceptors (Lipinski definition) is 4. The Morgan fingerprint density at radius 3 is 2.32 bits per heavy atom. The van der Waals surface area contributed by atoms with Gasteiger partial charge in [-0.05, 0) is 69.7 Å². The molecule has 1 heterocycles. The van der Waals surface area contributed by atoms with E-state index in [2.05, 4.69) is 6.92 Å². The van der Waals surface area contributed by atoms with Gasteiger partial charge in [-0.25, -0.2) is 4.79 Å². The summed E-state index contributed by atoms with van der Waals surface area (Å²) in [6, 6.07) is 4.63. The third-order valence-electron chi connectivity index (χ3n) is 5.98. The second-order valence-electron chi connectivity index (χ2n) is 8.91. The summed E-state index contributed by atoms with van der Waals surface area (Å²) in [5.41, 5.74) is -2.18. The lowest BCUT2D eigenvalue weighted by Crippen LogP contribution is -2.42. The number of H-pyrrole nitrogens is 1. The maximum Gasteiger partial charge on any atom is 0.421 e. The van der Waals surface area contributed by atoms with Crippen molar-refractivity contribution in [1.82, 2.24) is 4.98 Å². The minimum absolute atomic E-state index is 0.135. The first-order valence-electron chi connectivity index (χ1n) is 11.1. The van der Waals surface area contributed by atoms with Crippen LogP contribution < -0.4 is 15.2 Å². The van der Waals surface area contributed by atoms with Crippen LogP contribution in [0.15, 0.2) is 35.1 Å². The molecule has 7 nitrogen and oxygen atoms in total. The van der Waals surface area contributed by atoms with Crippen molar-refractivity contribution >= 4 is 17.6 Å². The SMILES string of the molecule is CC1CCC(C(=O)N(c2ccc(Oc3[nH]c(=O)ccc3C(F)(F)F)cc2C(=O)O)C(C)C)CC1. The van der Waals surface area contributed by atoms with Crippen LogP contribution in [-0.2, 0) is 11.0 Å². The Morgan fingerprint density at radius 1 is 1.12 bits per heavy atom. The summed E-state index contributed by atoms with van der Waals surface area (Å²) < 4.78 is 45.1. The number of halogens is 3. The van der Waals surface area contributed by atoms with Gasteiger partial charge in [-0.3, -0.25) is 14.6 Å². The van der Waals surface area contributed by atoms with Crippen LogP contribution in [-0.4, -0.2) is 28.0 Å². The molecule has 1 aromatic carbocycles. The first kappa shape index (κ1) is 25.3. The molecule has 1 aliphatic carbocycles. The van der Waals surface area contributed by atoms with Gasteiger partial charge in [0.15, 0.2) is 0 Å². The molecule has 1 saturated carbocycles. The molecule has 184 valence electrons. The molecule has 0 saturated heterocycles. The molecule has 0 aliphatic heterocycles. The quantitative estimate of drug-likeness (QED) is 0.573. The average Bonchev–Trinajstić information content (AvgIpc) is 2.74. The second-order valence-corrected chi connectivity index (χ2v) is 8.91. The van der Waals surface area contributed by atoms with Crippen molar-refractivity contribution in [3.8, 4) is 11.6 Å². The molecule has 1 aliphatic rings. The summed E-state index contributed by atoms with van der Waals surface area (Å²) in [7, 11) is 0. The number of carboxylic acid groups (broad SMARTS) is 1. The first-order chi connectivity index (χ1) is 15.9. The number of benzene rings is 1. The first-order valence-corrected chi connectivity index (χ1v) is 11.1. The maximum atomic E-state index is 13.3. The molecule has 2 N–H and O–H groups in total. The largest absolute Gasteiger partial charge is 0.478 e. The summed E-state index contributed by atoms with van der Waals surface area (Å²) in [6.45, 7) is 5.67. The van der Waals surface area contributed by atoms with Gasteiger partial charge in [0.1, 0.15) is 11.3 Å². The highest BCUT2D eigenvalue weighted by Crippen LogP contribution is 2.38. The van der Waals surface area contributed by atoms with Crippen LogP contribution in [0.1, 0.15) is 62.4 Å². The van der Waals surface area contributed by atoms with Gasteiger partial charge in [-0.1, -0.05) is 6.92 Å². The number of aromatic nitrogens is 1. The van der Waals surface area contributed by atoms with E-state index < -0.39 is 29.1 Å². The number of aromatic carboxylic acids is 1. The van der Waals surface area contributed by atoms with Gasteiger partial charge in [-0.2, -0.15) is 13.2 Å². The lowest BCUT2D eigenvalue weighted by molar-refractivity contribution is -0.139. The van der Waals surface area contributed by atoms with Gasteiger partial charge in [0.25, 0.3) is 5.56 Å². The van der Waals surface area contributed by atoms with Crippen molar-refractivity contribution in [2.24, 2.45) is 11.8 Å². The van der Waals surface area contributed by atoms with E-state index in [9.17, 15) is 32.7 Å². The Morgan fingerprint density at radius 2 is 1.76 bits per heavy atom. The molecule has 10 heteroatoms. The highest BCUT2D eigenvalue weighted by molar-refractivity contribution is 6.03. The van der Waals surface area contributed by atoms with Crippen molar-refractivity contribution in [2.45, 2.75) is 58.7 Å². The molecule has 3 rings (SSSR count). The van der Waals surface area contributed by atoms with E-state index in [1.807, 2.05) is 4.98 Å². The summed E-state index contributed by atoms with van der Waals surface area (Å²) in [5.74, 6) is -2.31. The Bertz CT molecular complexity index is 1120. The van der Waals surface area contributed by atoms with Gasteiger partial charge in [-0.15, -0.1) is 0 Å². The van der Waals surface area contributed by atoms with E-state index in [1.54, 1.807) is 13.8 Å². The third kappa shape index (κ3) is 5.60. The number of alkyl halides is 3. The lowest BCUT2D eigenvalue weighted by Gasteiger charge is -2.34. The van der Waals surface area contributed by atoms with Crippen LogP contribution in [0.3, 0.4) is 0 Å². The van der Waals surface area contributed by atoms with E-state index in [-0.39, 0.29) is 34.9 Å². The predicted octanol–water partition coefficient (Wildman–Crippen LogP) is 5.45. The van der Waals surface area contributed by atoms with Crippen LogP contribution in [0.25, 0.3) is 0 Å². The fraction of sp³-hybridized carbons (Fsp3) is 0.458. The lowest BCUT2D eigenvalue weighted by atomic mass is 9.82. The molecule has 0 bridgehead atoms. The minimum atomic E-state index is -4.80. The summed E-state index contributed by atoms with van der Waals surface area (Å²) in [4.78, 5) is 40.3. The number of nitrogens with one attached hydrogen (secondary N) is 1. The molecule has 0 atom stereocenters. The number of carbonyl (C=O) groups is 2. The molecule has 1 aromatic heterocycles. The van der Waals surface area contributed by atoms with Crippen molar-refractivity contribution in [2.75, 3.05) is 4.90 Å². The zero-order valence-corrected chi connectivity index (χ0v) is 19.1. The molecule has 1 fully saturated rings. The summed E-state index contributed by atoms with van der Waals surface area (Å²) >= 11 is 0. The zero-order valence-electron chi connectivity index (χ0n) is 19.1. The van der Waals surface area contributed by atoms with Crippen molar-refractivity contribution in [1.29, 1.82) is 0 Å². The van der Waals surface area contributed by atoms with Crippen LogP contribution in [0, 0.1) is 11.8 Å². The zero-order chi connectivity index (χ0) is 25.2. The van der Waals surface area contributed by atoms with Crippen molar-refractivity contribution in [3.05, 3.63) is 51.8 Å². The highest BCUT2D eigenvalue weighted by atomic mass is 19.4. The second kappa shape index (κ2) is 9.90. The van der Waals surface area contributed by atoms with E-state index in [0.29, 0.717) is 24.8 Å². The predicted molar refractivity (Wildman–Crippen MR) is 119 cm³/mol. The third-order valence-corrected chi connectivity index (χ3v) is 5.98. The van der Waals surface area contributed by atoms with E-state index in [4.69, 9.17) is 4.74 Å². The molecule has 0 unspecified atom stereocenters. The number of pyridine rings is 1. The van der Waals surface area contributed by atoms with Gasteiger partial charge in [0.05, 0.1) is 11.3 Å². The number of anilines is 1. The monoisotopic (exact) mass is 480 g/mol. The average molecular weight is 480 g/mol. The number of amides is 1. The van der Waals surface area contributed by atoms with Crippen LogP contribution in [0.5, 0.6) is 11.6 Å². The molecule has 2 aromatic rings. The number of aromatic amines is 1. The number of rotatable bonds is 6. The number of nitrogens with zero attached hydrogens (tertiary/aromatic N) is 1. The van der Waals surface area contributed by atoms with Crippen LogP contribution in [0.4, 0.5) is 18.9 Å². The van der Waals surface area contributed by atoms with Gasteiger partial charge < -0.3 is 14.7 Å². The fourth-order valence-electron chi connectivity index (χ4n) is 4.19. The van der Waals surface area contributed by atoms with Crippen molar-refractivity contribution in [3.63, 3.8) is 0 Å². The Balaban J connectivity index is 1.99. The highest BCUT2D eigenvalue weighted by Gasteiger charge is 2.36. The molecule has 34 heavy (non-hydrogen) atoms. The molecular formula is C24H27F3N2O5. The summed E-state index contributed by atoms with van der Waals surface area (Å²) in [5, 5.41) is 9.81. The van der Waals surface area contributed by atoms with Crippen molar-refractivity contribution < 1.29 is 32.6 Å². The maximum absolute atomic E-state index is 13.3. The minimum Gasteiger partial charge on any atom is -0.478 e. The number of carboxylic acids is 1. The molecule has 0 radical (unpaired) electrons. The van der Waals surface area contributed by atoms with E-state index in [1.165, 1.54) is 17.0 Å². The molecule has 0 spiro atoms. The van der Waals surface area contributed by atoms with Gasteiger partial charge in [0, 0.05) is 18.0 Å². The van der Waals surface area contributed by atoms with Gasteiger partial charge in [0.2, 0.25) is 11.8 Å². The fourth-order valence-corrected chi connectivity index (χ4v) is 4.19. The Kier molecular flexibility index (Phi) is 7.38. The van der Waals surface area contributed by atoms with E-state index in [0.717, 1.165) is 25.0 Å². The normalized spacial score (nSPS) is 18.6.